The maximum absolute atomic E-state index is 17.5. The molecular weight excluding hydrogens is 885 g/mol. The molecule has 2 heterocycles. The van der Waals surface area contributed by atoms with Crippen LogP contribution in [0.4, 0.5) is 19.3 Å². The molecule has 6 aliphatic rings. The van der Waals surface area contributed by atoms with Gasteiger partial charge in [-0.1, -0.05) is 25.5 Å². The maximum Gasteiger partial charge on any atom is 0.413 e. The Hall–Kier alpha value is -5.73. The lowest BCUT2D eigenvalue weighted by Crippen LogP contribution is -2.69. The van der Waals surface area contributed by atoms with Gasteiger partial charge in [-0.2, -0.15) is 0 Å². The van der Waals surface area contributed by atoms with Crippen molar-refractivity contribution in [2.45, 2.75) is 95.7 Å². The van der Waals surface area contributed by atoms with Crippen LogP contribution in [0, 0.1) is 34.4 Å². The standard InChI is InChI=1S/C47H55F2N3O15/c1-24-14-32-31-9-6-26-15-28(53)10-11-44(26,3)46(31,49)34(54)17-45(32,4)47(24,62)35(55)20-65-36(56)21-64-22-37(57)66-23-67-43(61)51-13-12-50(18-25(51)2)39-33(48)16-29-38(41(39)63-5)52(27-7-8-27)19-30(40(29)58)42(59)60/h10-11,15-16,19,24-25,27,31-32,34,54,62H,6-9,12-14,17-18,20-23H2,1-5H3,(H,59,60)/t24-,25?,31?,32+,34+,44+,45+,46+,47+/m1/s1. The monoisotopic (exact) mass is 939 g/mol. The summed E-state index contributed by atoms with van der Waals surface area (Å²) in [5, 5.41) is 33.2. The minimum Gasteiger partial charge on any atom is -0.492 e. The summed E-state index contributed by atoms with van der Waals surface area (Å²) in [5.74, 6) is -7.21. The average Bonchev–Trinajstić information content (AvgIpc) is 4.10. The number of halogens is 2. The molecule has 1 saturated heterocycles. The first-order valence-corrected chi connectivity index (χ1v) is 22.4. The molecule has 20 heteroatoms. The van der Waals surface area contributed by atoms with Gasteiger partial charge in [-0.15, -0.1) is 0 Å². The number of carbonyl (C=O) groups excluding carboxylic acids is 5. The van der Waals surface area contributed by atoms with Crippen molar-refractivity contribution >= 4 is 52.2 Å². The highest BCUT2D eigenvalue weighted by atomic mass is 19.1. The molecule has 0 bridgehead atoms. The van der Waals surface area contributed by atoms with Gasteiger partial charge in [0.25, 0.3) is 0 Å². The summed E-state index contributed by atoms with van der Waals surface area (Å²) >= 11 is 0. The summed E-state index contributed by atoms with van der Waals surface area (Å²) < 4.78 is 60.9. The summed E-state index contributed by atoms with van der Waals surface area (Å²) in [5.41, 5.74) is -7.14. The number of piperazine rings is 1. The quantitative estimate of drug-likeness (QED) is 0.191. The Morgan fingerprint density at radius 3 is 2.31 bits per heavy atom. The number of aromatic carboxylic acids is 1. The highest BCUT2D eigenvalue weighted by Gasteiger charge is 2.75. The second kappa shape index (κ2) is 17.4. The van der Waals surface area contributed by atoms with Gasteiger partial charge < -0.3 is 53.4 Å². The lowest BCUT2D eigenvalue weighted by atomic mass is 9.44. The molecule has 0 radical (unpaired) electrons. The molecule has 3 N–H and O–H groups in total. The fourth-order valence-corrected chi connectivity index (χ4v) is 12.1. The maximum atomic E-state index is 17.5. The van der Waals surface area contributed by atoms with Gasteiger partial charge in [-0.25, -0.2) is 28.0 Å². The number of carboxylic acid groups (broad SMARTS) is 1. The van der Waals surface area contributed by atoms with Crippen molar-refractivity contribution in [1.82, 2.24) is 9.47 Å². The van der Waals surface area contributed by atoms with E-state index in [2.05, 4.69) is 0 Å². The van der Waals surface area contributed by atoms with Crippen molar-refractivity contribution in [1.29, 1.82) is 0 Å². The van der Waals surface area contributed by atoms with E-state index in [0.717, 1.165) is 18.9 Å². The third kappa shape index (κ3) is 7.68. The van der Waals surface area contributed by atoms with Crippen LogP contribution in [0.15, 0.2) is 40.9 Å². The van der Waals surface area contributed by atoms with E-state index in [-0.39, 0.29) is 66.6 Å². The third-order valence-electron chi connectivity index (χ3n) is 15.6. The Bertz CT molecular complexity index is 2560. The van der Waals surface area contributed by atoms with Crippen molar-refractivity contribution < 1.29 is 76.6 Å². The number of carbonyl (C=O) groups is 6. The van der Waals surface area contributed by atoms with E-state index < -0.39 is 125 Å². The summed E-state index contributed by atoms with van der Waals surface area (Å²) in [4.78, 5) is 91.8. The van der Waals surface area contributed by atoms with Crippen LogP contribution in [-0.4, -0.2) is 137 Å². The van der Waals surface area contributed by atoms with E-state index >= 15 is 8.78 Å². The zero-order valence-electron chi connectivity index (χ0n) is 37.9. The number of ketones is 2. The van der Waals surface area contributed by atoms with Gasteiger partial charge >= 0.3 is 24.0 Å². The number of carboxylic acids is 1. The molecule has 362 valence electrons. The molecule has 8 rings (SSSR count). The number of aliphatic hydroxyl groups is 2. The van der Waals surface area contributed by atoms with Gasteiger partial charge in [-0.3, -0.25) is 14.4 Å². The number of fused-ring (bicyclic) bond motifs is 6. The molecule has 2 unspecified atom stereocenters. The SMILES string of the molecule is COc1c(N2CCN(C(=O)OCOC(=O)COCC(=O)OCC(=O)[C@@]3(O)[C@H](C)C[C@H]4C5CCC6=CC(=O)C=C[C@]6(C)[C@@]5(F)[C@@H](O)C[C@@]43C)C(C)C2)c(F)cc2c(=O)c(C(=O)O)cn(C3CC3)c12. The molecule has 18 nitrogen and oxygen atoms in total. The Kier molecular flexibility index (Phi) is 12.4. The Balaban J connectivity index is 0.794. The molecule has 4 saturated carbocycles. The topological polar surface area (TPSA) is 238 Å². The second-order valence-corrected chi connectivity index (χ2v) is 19.2. The summed E-state index contributed by atoms with van der Waals surface area (Å²) in [6, 6.07) is 0.366. The Labute approximate surface area is 383 Å². The molecule has 1 aliphatic heterocycles. The number of amides is 1. The number of allylic oxidation sites excluding steroid dienone is 4. The van der Waals surface area contributed by atoms with Crippen LogP contribution in [-0.2, 0) is 38.1 Å². The average molecular weight is 940 g/mol. The van der Waals surface area contributed by atoms with E-state index in [1.165, 1.54) is 36.4 Å². The van der Waals surface area contributed by atoms with Crippen molar-refractivity contribution in [2.75, 3.05) is 58.3 Å². The number of pyridine rings is 1. The highest BCUT2D eigenvalue weighted by Crippen LogP contribution is 2.70. The lowest BCUT2D eigenvalue weighted by molar-refractivity contribution is -0.220. The van der Waals surface area contributed by atoms with Crippen LogP contribution < -0.4 is 15.1 Å². The smallest absolute Gasteiger partial charge is 0.413 e. The molecular formula is C47H55F2N3O15. The number of hydrogen-bond acceptors (Lipinski definition) is 15. The molecule has 1 aromatic carbocycles. The molecule has 2 aromatic rings. The number of benzene rings is 1. The van der Waals surface area contributed by atoms with Crippen LogP contribution in [0.5, 0.6) is 5.75 Å². The molecule has 1 amide bonds. The number of alkyl halides is 1. The predicted molar refractivity (Wildman–Crippen MR) is 230 cm³/mol. The van der Waals surface area contributed by atoms with Gasteiger partial charge in [0, 0.05) is 54.7 Å². The predicted octanol–water partition coefficient (Wildman–Crippen LogP) is 3.81. The number of methoxy groups -OCH3 is 1. The molecule has 1 aromatic heterocycles. The van der Waals surface area contributed by atoms with Crippen molar-refractivity contribution in [3.63, 3.8) is 0 Å². The molecule has 0 spiro atoms. The zero-order chi connectivity index (χ0) is 48.5. The Morgan fingerprint density at radius 2 is 1.66 bits per heavy atom. The number of ether oxygens (including phenoxy) is 5. The highest BCUT2D eigenvalue weighted by molar-refractivity contribution is 6.01. The van der Waals surface area contributed by atoms with E-state index in [9.17, 15) is 48.9 Å². The fourth-order valence-electron chi connectivity index (χ4n) is 12.1. The number of rotatable bonds is 13. The first-order chi connectivity index (χ1) is 31.6. The third-order valence-corrected chi connectivity index (χ3v) is 15.6. The van der Waals surface area contributed by atoms with E-state index in [1.807, 2.05) is 0 Å². The molecule has 67 heavy (non-hydrogen) atoms. The molecule has 9 atom stereocenters. The number of aliphatic hydroxyl groups excluding tert-OH is 1. The molecule has 5 aliphatic carbocycles. The number of anilines is 1. The van der Waals surface area contributed by atoms with Crippen LogP contribution in [0.3, 0.4) is 0 Å². The summed E-state index contributed by atoms with van der Waals surface area (Å²) in [6.07, 6.45) is 5.34. The lowest BCUT2D eigenvalue weighted by Gasteiger charge is -2.62. The largest absolute Gasteiger partial charge is 0.492 e. The van der Waals surface area contributed by atoms with Gasteiger partial charge in [0.1, 0.15) is 30.1 Å². The summed E-state index contributed by atoms with van der Waals surface area (Å²) in [7, 11) is 1.33. The van der Waals surface area contributed by atoms with Crippen molar-refractivity contribution in [3.05, 3.63) is 57.7 Å². The normalized spacial score (nSPS) is 32.2. The number of aromatic nitrogens is 1. The first kappa shape index (κ1) is 47.8. The van der Waals surface area contributed by atoms with Gasteiger partial charge in [-0.05, 0) is 82.4 Å². The fraction of sp³-hybridized carbons (Fsp3) is 0.596. The van der Waals surface area contributed by atoms with Crippen molar-refractivity contribution in [2.24, 2.45) is 28.6 Å². The van der Waals surface area contributed by atoms with Gasteiger partial charge in [0.05, 0.1) is 24.1 Å². The zero-order valence-corrected chi connectivity index (χ0v) is 37.9. The summed E-state index contributed by atoms with van der Waals surface area (Å²) in [6.45, 7) is 3.76. The number of nitrogens with zero attached hydrogens (tertiary/aromatic N) is 3. The number of Topliss-reactive ketones (excluding diaryl/α,β-unsaturated/α-hetero) is 1. The minimum atomic E-state index is -2.15. The van der Waals surface area contributed by atoms with E-state index in [1.54, 1.807) is 37.2 Å². The van der Waals surface area contributed by atoms with Crippen molar-refractivity contribution in [3.8, 4) is 5.75 Å². The Morgan fingerprint density at radius 1 is 0.955 bits per heavy atom. The minimum absolute atomic E-state index is 0.0452. The number of hydrogen-bond donors (Lipinski definition) is 3. The number of esters is 2. The van der Waals surface area contributed by atoms with Gasteiger partial charge in [0.15, 0.2) is 29.6 Å². The van der Waals surface area contributed by atoms with Crippen LogP contribution in [0.25, 0.3) is 10.9 Å². The van der Waals surface area contributed by atoms with Crippen LogP contribution >= 0.6 is 0 Å². The second-order valence-electron chi connectivity index (χ2n) is 19.2. The van der Waals surface area contributed by atoms with E-state index in [4.69, 9.17) is 23.7 Å². The van der Waals surface area contributed by atoms with E-state index in [0.29, 0.717) is 18.4 Å². The van der Waals surface area contributed by atoms with Crippen LogP contribution in [0.2, 0.25) is 0 Å². The van der Waals surface area contributed by atoms with Crippen LogP contribution in [0.1, 0.15) is 82.6 Å². The molecule has 5 fully saturated rings. The first-order valence-electron chi connectivity index (χ1n) is 22.4. The van der Waals surface area contributed by atoms with Gasteiger partial charge in [0.2, 0.25) is 18.0 Å².